The van der Waals surface area contributed by atoms with Gasteiger partial charge in [-0.15, -0.1) is 0 Å². The number of aryl methyl sites for hydroxylation is 1. The summed E-state index contributed by atoms with van der Waals surface area (Å²) in [6.45, 7) is 4.15. The second-order valence-electron chi connectivity index (χ2n) is 3.69. The van der Waals surface area contributed by atoms with E-state index in [0.29, 0.717) is 0 Å². The number of aromatic nitrogens is 2. The SMILES string of the molecule is Cc1c(-c2cccc(Cl)c2)nn(C)c1C. The molecule has 0 amide bonds. The van der Waals surface area contributed by atoms with Crippen LogP contribution in [0.25, 0.3) is 11.3 Å². The van der Waals surface area contributed by atoms with Crippen LogP contribution in [0.15, 0.2) is 24.3 Å². The van der Waals surface area contributed by atoms with E-state index >= 15 is 0 Å². The highest BCUT2D eigenvalue weighted by molar-refractivity contribution is 6.30. The lowest BCUT2D eigenvalue weighted by atomic mass is 10.1. The molecule has 0 aliphatic rings. The molecule has 1 heterocycles. The molecule has 0 saturated carbocycles. The zero-order valence-electron chi connectivity index (χ0n) is 9.08. The largest absolute Gasteiger partial charge is 0.272 e. The molecule has 0 N–H and O–H groups in total. The van der Waals surface area contributed by atoms with Crippen molar-refractivity contribution in [3.05, 3.63) is 40.5 Å². The topological polar surface area (TPSA) is 17.8 Å². The Morgan fingerprint density at radius 2 is 2.00 bits per heavy atom. The van der Waals surface area contributed by atoms with Crippen molar-refractivity contribution < 1.29 is 0 Å². The maximum Gasteiger partial charge on any atom is 0.0955 e. The zero-order chi connectivity index (χ0) is 11.0. The predicted octanol–water partition coefficient (Wildman–Crippen LogP) is 3.36. The Bertz CT molecular complexity index is 500. The van der Waals surface area contributed by atoms with Crippen LogP contribution >= 0.6 is 11.6 Å². The lowest BCUT2D eigenvalue weighted by molar-refractivity contribution is 0.741. The van der Waals surface area contributed by atoms with Gasteiger partial charge in [-0.25, -0.2) is 0 Å². The van der Waals surface area contributed by atoms with Crippen LogP contribution in [0.5, 0.6) is 0 Å². The molecule has 0 spiro atoms. The van der Waals surface area contributed by atoms with E-state index in [4.69, 9.17) is 11.6 Å². The van der Waals surface area contributed by atoms with Crippen molar-refractivity contribution in [3.8, 4) is 11.3 Å². The molecule has 0 aliphatic heterocycles. The normalized spacial score (nSPS) is 10.7. The standard InChI is InChI=1S/C12H13ClN2/c1-8-9(2)15(3)14-12(8)10-5-4-6-11(13)7-10/h4-7H,1-3H3. The molecular formula is C12H13ClN2. The number of rotatable bonds is 1. The Kier molecular flexibility index (Phi) is 2.53. The summed E-state index contributed by atoms with van der Waals surface area (Å²) in [7, 11) is 1.95. The van der Waals surface area contributed by atoms with E-state index in [1.54, 1.807) is 0 Å². The Morgan fingerprint density at radius 3 is 2.53 bits per heavy atom. The molecule has 0 bridgehead atoms. The van der Waals surface area contributed by atoms with Gasteiger partial charge in [0.05, 0.1) is 5.69 Å². The Balaban J connectivity index is 2.59. The Morgan fingerprint density at radius 1 is 1.27 bits per heavy atom. The molecule has 1 aromatic carbocycles. The number of benzene rings is 1. The second kappa shape index (κ2) is 3.70. The molecule has 0 saturated heterocycles. The number of nitrogens with zero attached hydrogens (tertiary/aromatic N) is 2. The maximum atomic E-state index is 5.96. The fourth-order valence-corrected chi connectivity index (χ4v) is 1.81. The third kappa shape index (κ3) is 1.77. The summed E-state index contributed by atoms with van der Waals surface area (Å²) >= 11 is 5.96. The minimum absolute atomic E-state index is 0.746. The van der Waals surface area contributed by atoms with E-state index in [-0.39, 0.29) is 0 Å². The lowest BCUT2D eigenvalue weighted by Gasteiger charge is -1.98. The molecule has 0 radical (unpaired) electrons. The lowest BCUT2D eigenvalue weighted by Crippen LogP contribution is -1.92. The molecule has 2 rings (SSSR count). The van der Waals surface area contributed by atoms with Gasteiger partial charge in [0.1, 0.15) is 0 Å². The van der Waals surface area contributed by atoms with Gasteiger partial charge in [0.2, 0.25) is 0 Å². The summed E-state index contributed by atoms with van der Waals surface area (Å²) in [4.78, 5) is 0. The fourth-order valence-electron chi connectivity index (χ4n) is 1.62. The van der Waals surface area contributed by atoms with E-state index < -0.39 is 0 Å². The highest BCUT2D eigenvalue weighted by Crippen LogP contribution is 2.25. The van der Waals surface area contributed by atoms with Crippen molar-refractivity contribution in [2.75, 3.05) is 0 Å². The first kappa shape index (κ1) is 10.2. The van der Waals surface area contributed by atoms with Gasteiger partial charge < -0.3 is 0 Å². The highest BCUT2D eigenvalue weighted by Gasteiger charge is 2.10. The minimum atomic E-state index is 0.746. The van der Waals surface area contributed by atoms with Crippen LogP contribution in [0.4, 0.5) is 0 Å². The summed E-state index contributed by atoms with van der Waals surface area (Å²) in [5, 5.41) is 5.22. The third-order valence-electron chi connectivity index (χ3n) is 2.73. The van der Waals surface area contributed by atoms with Crippen molar-refractivity contribution in [1.82, 2.24) is 9.78 Å². The van der Waals surface area contributed by atoms with Crippen molar-refractivity contribution in [1.29, 1.82) is 0 Å². The zero-order valence-corrected chi connectivity index (χ0v) is 9.84. The van der Waals surface area contributed by atoms with Crippen molar-refractivity contribution in [2.24, 2.45) is 7.05 Å². The molecule has 0 unspecified atom stereocenters. The van der Waals surface area contributed by atoms with Gasteiger partial charge in [0.25, 0.3) is 0 Å². The number of hydrogen-bond acceptors (Lipinski definition) is 1. The van der Waals surface area contributed by atoms with Gasteiger partial charge in [-0.2, -0.15) is 5.10 Å². The third-order valence-corrected chi connectivity index (χ3v) is 2.97. The quantitative estimate of drug-likeness (QED) is 0.721. The van der Waals surface area contributed by atoms with Crippen LogP contribution < -0.4 is 0 Å². The van der Waals surface area contributed by atoms with Gasteiger partial charge in [-0.3, -0.25) is 4.68 Å². The molecule has 0 aliphatic carbocycles. The van der Waals surface area contributed by atoms with Gasteiger partial charge in [0.15, 0.2) is 0 Å². The summed E-state index contributed by atoms with van der Waals surface area (Å²) in [5.74, 6) is 0. The van der Waals surface area contributed by atoms with Crippen LogP contribution in [0, 0.1) is 13.8 Å². The summed E-state index contributed by atoms with van der Waals surface area (Å²) in [6, 6.07) is 7.79. The average Bonchev–Trinajstić information content (AvgIpc) is 2.46. The average molecular weight is 221 g/mol. The molecular weight excluding hydrogens is 208 g/mol. The maximum absolute atomic E-state index is 5.96. The van der Waals surface area contributed by atoms with Gasteiger partial charge >= 0.3 is 0 Å². The molecule has 0 fully saturated rings. The Hall–Kier alpha value is -1.28. The van der Waals surface area contributed by atoms with Gasteiger partial charge in [0, 0.05) is 23.3 Å². The van der Waals surface area contributed by atoms with Crippen molar-refractivity contribution >= 4 is 11.6 Å². The van der Waals surface area contributed by atoms with E-state index in [0.717, 1.165) is 16.3 Å². The van der Waals surface area contributed by atoms with E-state index in [2.05, 4.69) is 18.9 Å². The summed E-state index contributed by atoms with van der Waals surface area (Å²) in [5.41, 5.74) is 4.48. The monoisotopic (exact) mass is 220 g/mol. The van der Waals surface area contributed by atoms with Crippen LogP contribution in [0.1, 0.15) is 11.3 Å². The van der Waals surface area contributed by atoms with Gasteiger partial charge in [-0.05, 0) is 31.5 Å². The first-order valence-corrected chi connectivity index (χ1v) is 5.23. The van der Waals surface area contributed by atoms with Crippen LogP contribution in [-0.2, 0) is 7.05 Å². The summed E-state index contributed by atoms with van der Waals surface area (Å²) < 4.78 is 1.89. The van der Waals surface area contributed by atoms with Crippen molar-refractivity contribution in [3.63, 3.8) is 0 Å². The van der Waals surface area contributed by atoms with Crippen LogP contribution in [0.2, 0.25) is 5.02 Å². The molecule has 15 heavy (non-hydrogen) atoms. The number of halogens is 1. The molecule has 78 valence electrons. The molecule has 2 aromatic rings. The van der Waals surface area contributed by atoms with E-state index in [9.17, 15) is 0 Å². The van der Waals surface area contributed by atoms with Crippen molar-refractivity contribution in [2.45, 2.75) is 13.8 Å². The second-order valence-corrected chi connectivity index (χ2v) is 4.13. The van der Waals surface area contributed by atoms with Crippen LogP contribution in [-0.4, -0.2) is 9.78 Å². The molecule has 1 aromatic heterocycles. The minimum Gasteiger partial charge on any atom is -0.272 e. The van der Waals surface area contributed by atoms with Gasteiger partial charge in [-0.1, -0.05) is 23.7 Å². The smallest absolute Gasteiger partial charge is 0.0955 e. The Labute approximate surface area is 94.5 Å². The fraction of sp³-hybridized carbons (Fsp3) is 0.250. The molecule has 0 atom stereocenters. The highest BCUT2D eigenvalue weighted by atomic mass is 35.5. The summed E-state index contributed by atoms with van der Waals surface area (Å²) in [6.07, 6.45) is 0. The first-order chi connectivity index (χ1) is 7.09. The predicted molar refractivity (Wildman–Crippen MR) is 63.1 cm³/mol. The van der Waals surface area contributed by atoms with E-state index in [1.165, 1.54) is 11.3 Å². The van der Waals surface area contributed by atoms with E-state index in [1.807, 2.05) is 36.0 Å². The van der Waals surface area contributed by atoms with Crippen LogP contribution in [0.3, 0.4) is 0 Å². The first-order valence-electron chi connectivity index (χ1n) is 4.85. The molecule has 2 nitrogen and oxygen atoms in total. The molecule has 3 heteroatoms. The number of hydrogen-bond donors (Lipinski definition) is 0.